The van der Waals surface area contributed by atoms with Crippen LogP contribution in [0.5, 0.6) is 5.75 Å². The number of hydrogen-bond acceptors (Lipinski definition) is 6. The van der Waals surface area contributed by atoms with Crippen LogP contribution in [0.2, 0.25) is 0 Å². The second kappa shape index (κ2) is 11.9. The molecule has 0 aromatic heterocycles. The summed E-state index contributed by atoms with van der Waals surface area (Å²) in [7, 11) is 1.33. The van der Waals surface area contributed by atoms with Gasteiger partial charge in [0.05, 0.1) is 7.11 Å². The highest BCUT2D eigenvalue weighted by molar-refractivity contribution is 5.88. The lowest BCUT2D eigenvalue weighted by atomic mass is 9.90. The quantitative estimate of drug-likeness (QED) is 0.447. The highest BCUT2D eigenvalue weighted by Crippen LogP contribution is 2.28. The maximum absolute atomic E-state index is 12.8. The smallest absolute Gasteiger partial charge is 0.410 e. The van der Waals surface area contributed by atoms with Crippen molar-refractivity contribution in [3.63, 3.8) is 0 Å². The fraction of sp³-hybridized carbons (Fsp3) is 0.519. The number of amides is 2. The minimum atomic E-state index is -0.514. The van der Waals surface area contributed by atoms with Crippen molar-refractivity contribution in [3.8, 4) is 5.75 Å². The zero-order valence-corrected chi connectivity index (χ0v) is 21.1. The molecular weight excluding hydrogens is 448 g/mol. The van der Waals surface area contributed by atoms with Gasteiger partial charge in [0.25, 0.3) is 0 Å². The van der Waals surface area contributed by atoms with Gasteiger partial charge in [-0.2, -0.15) is 0 Å². The number of allylic oxidation sites excluding steroid dienone is 1. The summed E-state index contributed by atoms with van der Waals surface area (Å²) in [6.45, 7) is 7.90. The molecule has 0 saturated carbocycles. The van der Waals surface area contributed by atoms with Gasteiger partial charge < -0.3 is 24.0 Å². The van der Waals surface area contributed by atoms with Gasteiger partial charge in [-0.3, -0.25) is 4.79 Å². The van der Waals surface area contributed by atoms with Crippen molar-refractivity contribution < 1.29 is 28.6 Å². The minimum Gasteiger partial charge on any atom is -0.482 e. The topological polar surface area (TPSA) is 85.4 Å². The summed E-state index contributed by atoms with van der Waals surface area (Å²) in [5, 5.41) is 0. The van der Waals surface area contributed by atoms with Crippen molar-refractivity contribution in [2.24, 2.45) is 0 Å². The maximum atomic E-state index is 12.8. The number of ether oxygens (including phenoxy) is 3. The molecule has 0 radical (unpaired) electrons. The molecular formula is C27H36N2O6. The standard InChI is InChI=1S/C27H36N2O6/c1-27(2,3)35-26(32)28-16-13-20(14-17-28)7-12-24(30)29-15-5-6-22(18-29)21-8-10-23(11-9-21)34-19-25(31)33-4/h7-13,22H,5-6,14-19H2,1-4H3/b12-7+. The van der Waals surface area contributed by atoms with E-state index in [1.807, 2.05) is 62.1 Å². The number of likely N-dealkylation sites (tertiary alicyclic amines) is 1. The van der Waals surface area contributed by atoms with Crippen molar-refractivity contribution in [2.75, 3.05) is 39.9 Å². The van der Waals surface area contributed by atoms with Crippen LogP contribution in [0.3, 0.4) is 0 Å². The number of rotatable bonds is 6. The Labute approximate surface area is 207 Å². The second-order valence-corrected chi connectivity index (χ2v) is 9.85. The molecule has 1 fully saturated rings. The molecule has 2 heterocycles. The van der Waals surface area contributed by atoms with Crippen LogP contribution in [0.25, 0.3) is 0 Å². The van der Waals surface area contributed by atoms with Gasteiger partial charge in [-0.25, -0.2) is 9.59 Å². The Morgan fingerprint density at radius 3 is 2.46 bits per heavy atom. The van der Waals surface area contributed by atoms with Crippen LogP contribution in [0, 0.1) is 0 Å². The summed E-state index contributed by atoms with van der Waals surface area (Å²) in [4.78, 5) is 39.8. The van der Waals surface area contributed by atoms with Crippen molar-refractivity contribution >= 4 is 18.0 Å². The lowest BCUT2D eigenvalue weighted by molar-refractivity contribution is -0.142. The lowest BCUT2D eigenvalue weighted by Crippen LogP contribution is -2.39. The Bertz CT molecular complexity index is 961. The largest absolute Gasteiger partial charge is 0.482 e. The molecule has 1 aromatic carbocycles. The van der Waals surface area contributed by atoms with Gasteiger partial charge >= 0.3 is 12.1 Å². The van der Waals surface area contributed by atoms with E-state index in [-0.39, 0.29) is 24.5 Å². The molecule has 0 N–H and O–H groups in total. The van der Waals surface area contributed by atoms with E-state index in [0.29, 0.717) is 31.8 Å². The molecule has 2 aliphatic heterocycles. The molecule has 1 unspecified atom stereocenters. The van der Waals surface area contributed by atoms with Crippen molar-refractivity contribution in [1.29, 1.82) is 0 Å². The van der Waals surface area contributed by atoms with Gasteiger partial charge in [0.2, 0.25) is 5.91 Å². The van der Waals surface area contributed by atoms with Crippen molar-refractivity contribution in [2.45, 2.75) is 51.6 Å². The van der Waals surface area contributed by atoms with Gasteiger partial charge in [0.15, 0.2) is 6.61 Å². The Morgan fingerprint density at radius 2 is 1.83 bits per heavy atom. The fourth-order valence-corrected chi connectivity index (χ4v) is 4.10. The molecule has 8 nitrogen and oxygen atoms in total. The second-order valence-electron chi connectivity index (χ2n) is 9.85. The zero-order chi connectivity index (χ0) is 25.4. The first-order chi connectivity index (χ1) is 16.6. The summed E-state index contributed by atoms with van der Waals surface area (Å²) >= 11 is 0. The van der Waals surface area contributed by atoms with Gasteiger partial charge in [0.1, 0.15) is 11.4 Å². The molecule has 35 heavy (non-hydrogen) atoms. The number of benzene rings is 1. The van der Waals surface area contributed by atoms with E-state index in [4.69, 9.17) is 9.47 Å². The van der Waals surface area contributed by atoms with Gasteiger partial charge in [-0.1, -0.05) is 24.3 Å². The van der Waals surface area contributed by atoms with Gasteiger partial charge in [0, 0.05) is 38.2 Å². The molecule has 190 valence electrons. The van der Waals surface area contributed by atoms with E-state index in [1.165, 1.54) is 7.11 Å². The molecule has 0 spiro atoms. The number of methoxy groups -OCH3 is 1. The predicted molar refractivity (Wildman–Crippen MR) is 132 cm³/mol. The summed E-state index contributed by atoms with van der Waals surface area (Å²) in [6, 6.07) is 7.67. The minimum absolute atomic E-state index is 0.00297. The van der Waals surface area contributed by atoms with Crippen LogP contribution in [-0.2, 0) is 19.1 Å². The third-order valence-corrected chi connectivity index (χ3v) is 6.00. The lowest BCUT2D eigenvalue weighted by Gasteiger charge is -2.32. The highest BCUT2D eigenvalue weighted by Gasteiger charge is 2.25. The number of esters is 1. The first-order valence-electron chi connectivity index (χ1n) is 12.1. The van der Waals surface area contributed by atoms with E-state index in [1.54, 1.807) is 11.0 Å². The summed E-state index contributed by atoms with van der Waals surface area (Å²) < 4.78 is 15.4. The highest BCUT2D eigenvalue weighted by atomic mass is 16.6. The Kier molecular flexibility index (Phi) is 8.95. The van der Waals surface area contributed by atoms with Crippen LogP contribution in [-0.4, -0.2) is 73.3 Å². The molecule has 8 heteroatoms. The molecule has 1 atom stereocenters. The first kappa shape index (κ1) is 26.3. The third-order valence-electron chi connectivity index (χ3n) is 6.00. The molecule has 3 rings (SSSR count). The Balaban J connectivity index is 1.50. The molecule has 2 aliphatic rings. The Hall–Kier alpha value is -3.29. The maximum Gasteiger partial charge on any atom is 0.410 e. The zero-order valence-electron chi connectivity index (χ0n) is 21.1. The van der Waals surface area contributed by atoms with E-state index < -0.39 is 11.6 Å². The average molecular weight is 485 g/mol. The number of nitrogens with zero attached hydrogens (tertiary/aromatic N) is 2. The number of carbonyl (C=O) groups excluding carboxylic acids is 3. The normalized spacial score (nSPS) is 18.7. The predicted octanol–water partition coefficient (Wildman–Crippen LogP) is 4.07. The van der Waals surface area contributed by atoms with Crippen LogP contribution >= 0.6 is 0 Å². The van der Waals surface area contributed by atoms with E-state index in [0.717, 1.165) is 30.5 Å². The van der Waals surface area contributed by atoms with Crippen LogP contribution in [0.4, 0.5) is 4.79 Å². The molecule has 0 bridgehead atoms. The summed E-state index contributed by atoms with van der Waals surface area (Å²) in [5.41, 5.74) is 1.68. The van der Waals surface area contributed by atoms with Gasteiger partial charge in [-0.05, 0) is 63.3 Å². The SMILES string of the molecule is COC(=O)COc1ccc(C2CCCN(C(=O)/C=C/C3=CCN(C(=O)OC(C)(C)C)CC3)C2)cc1. The number of piperidine rings is 1. The summed E-state index contributed by atoms with van der Waals surface area (Å²) in [6.07, 6.45) is 7.82. The van der Waals surface area contributed by atoms with E-state index >= 15 is 0 Å². The Morgan fingerprint density at radius 1 is 1.09 bits per heavy atom. The van der Waals surface area contributed by atoms with Crippen molar-refractivity contribution in [1.82, 2.24) is 9.80 Å². The third kappa shape index (κ3) is 8.16. The van der Waals surface area contributed by atoms with Crippen molar-refractivity contribution in [3.05, 3.63) is 53.6 Å². The fourth-order valence-electron chi connectivity index (χ4n) is 4.10. The van der Waals surface area contributed by atoms with Gasteiger partial charge in [-0.15, -0.1) is 0 Å². The molecule has 1 aromatic rings. The monoisotopic (exact) mass is 484 g/mol. The summed E-state index contributed by atoms with van der Waals surface area (Å²) in [5.74, 6) is 0.444. The molecule has 0 aliphatic carbocycles. The number of hydrogen-bond donors (Lipinski definition) is 0. The average Bonchev–Trinajstić information content (AvgIpc) is 2.85. The molecule has 2 amide bonds. The van der Waals surface area contributed by atoms with E-state index in [2.05, 4.69) is 4.74 Å². The van der Waals surface area contributed by atoms with Crippen LogP contribution in [0.15, 0.2) is 48.1 Å². The van der Waals surface area contributed by atoms with Crippen LogP contribution < -0.4 is 4.74 Å². The van der Waals surface area contributed by atoms with Crippen LogP contribution in [0.1, 0.15) is 51.5 Å². The number of carbonyl (C=O) groups is 3. The van der Waals surface area contributed by atoms with E-state index in [9.17, 15) is 14.4 Å². The first-order valence-corrected chi connectivity index (χ1v) is 12.1. The molecule has 1 saturated heterocycles.